The van der Waals surface area contributed by atoms with E-state index in [4.69, 9.17) is 11.6 Å². The zero-order valence-electron chi connectivity index (χ0n) is 13.5. The number of amides is 1. The molecule has 1 aliphatic heterocycles. The summed E-state index contributed by atoms with van der Waals surface area (Å²) >= 11 is 5.88. The molecule has 0 unspecified atom stereocenters. The zero-order valence-corrected chi connectivity index (χ0v) is 14.3. The van der Waals surface area contributed by atoms with E-state index in [1.165, 1.54) is 0 Å². The van der Waals surface area contributed by atoms with Crippen molar-refractivity contribution < 1.29 is 4.79 Å². The topological polar surface area (TPSA) is 46.1 Å². The van der Waals surface area contributed by atoms with Crippen LogP contribution in [-0.4, -0.2) is 22.4 Å². The first-order valence-corrected chi connectivity index (χ1v) is 8.54. The van der Waals surface area contributed by atoms with Crippen LogP contribution < -0.4 is 4.90 Å². The van der Waals surface area contributed by atoms with Crippen molar-refractivity contribution in [3.8, 4) is 11.3 Å². The Hall–Kier alpha value is -2.72. The Balaban J connectivity index is 1.58. The monoisotopic (exact) mass is 349 g/mol. The van der Waals surface area contributed by atoms with Crippen molar-refractivity contribution in [2.45, 2.75) is 12.8 Å². The number of fused-ring (bicyclic) bond motifs is 1. The maximum absolute atomic E-state index is 12.7. The van der Waals surface area contributed by atoms with Gasteiger partial charge in [0.1, 0.15) is 0 Å². The van der Waals surface area contributed by atoms with Crippen LogP contribution in [0.15, 0.2) is 60.8 Å². The summed E-state index contributed by atoms with van der Waals surface area (Å²) in [6.07, 6.45) is 2.92. The molecule has 0 saturated heterocycles. The van der Waals surface area contributed by atoms with Crippen LogP contribution in [-0.2, 0) is 17.6 Å². The summed E-state index contributed by atoms with van der Waals surface area (Å²) in [5.74, 6) is 0.128. The summed E-state index contributed by atoms with van der Waals surface area (Å²) in [5.41, 5.74) is 4.96. The number of carbonyl (C=O) groups is 1. The minimum atomic E-state index is 0.128. The van der Waals surface area contributed by atoms with Crippen molar-refractivity contribution in [2.75, 3.05) is 11.4 Å². The van der Waals surface area contributed by atoms with E-state index >= 15 is 0 Å². The Kier molecular flexibility index (Phi) is 4.20. The van der Waals surface area contributed by atoms with E-state index in [0.717, 1.165) is 41.0 Å². The van der Waals surface area contributed by atoms with E-state index < -0.39 is 0 Å². The number of anilines is 1. The van der Waals surface area contributed by atoms with E-state index in [0.29, 0.717) is 6.42 Å². The van der Waals surface area contributed by atoms with Gasteiger partial charge in [-0.15, -0.1) is 0 Å². The van der Waals surface area contributed by atoms with Crippen molar-refractivity contribution in [1.82, 2.24) is 9.97 Å². The molecule has 4 rings (SSSR count). The molecule has 2 heterocycles. The van der Waals surface area contributed by atoms with Crippen molar-refractivity contribution in [3.63, 3.8) is 0 Å². The third-order valence-corrected chi connectivity index (χ3v) is 4.58. The van der Waals surface area contributed by atoms with Crippen LogP contribution in [0.5, 0.6) is 0 Å². The zero-order chi connectivity index (χ0) is 17.2. The van der Waals surface area contributed by atoms with E-state index in [2.05, 4.69) is 16.0 Å². The molecule has 1 amide bonds. The third-order valence-electron chi connectivity index (χ3n) is 4.40. The first-order chi connectivity index (χ1) is 12.2. The standard InChI is InChI=1S/C20H16ClN3O/c21-20-22-10-8-17(23-20)15-6-7-18-16(13-15)9-11-24(18)19(25)12-14-4-2-1-3-5-14/h1-8,10,13H,9,11-12H2. The average Bonchev–Trinajstić information content (AvgIpc) is 3.06. The molecule has 0 radical (unpaired) electrons. The van der Waals surface area contributed by atoms with Crippen LogP contribution in [0.4, 0.5) is 5.69 Å². The largest absolute Gasteiger partial charge is 0.312 e. The molecule has 1 aliphatic rings. The fourth-order valence-corrected chi connectivity index (χ4v) is 3.33. The summed E-state index contributed by atoms with van der Waals surface area (Å²) in [5, 5.41) is 0.234. The lowest BCUT2D eigenvalue weighted by atomic mass is 10.1. The fourth-order valence-electron chi connectivity index (χ4n) is 3.18. The van der Waals surface area contributed by atoms with Gasteiger partial charge < -0.3 is 4.90 Å². The predicted molar refractivity (Wildman–Crippen MR) is 98.7 cm³/mol. The maximum Gasteiger partial charge on any atom is 0.231 e. The smallest absolute Gasteiger partial charge is 0.231 e. The molecule has 0 bridgehead atoms. The van der Waals surface area contributed by atoms with Gasteiger partial charge in [-0.3, -0.25) is 4.79 Å². The molecular formula is C20H16ClN3O. The van der Waals surface area contributed by atoms with Gasteiger partial charge >= 0.3 is 0 Å². The Morgan fingerprint density at radius 2 is 1.96 bits per heavy atom. The van der Waals surface area contributed by atoms with Crippen molar-refractivity contribution in [2.24, 2.45) is 0 Å². The highest BCUT2D eigenvalue weighted by atomic mass is 35.5. The van der Waals surface area contributed by atoms with Gasteiger partial charge in [-0.25, -0.2) is 9.97 Å². The first-order valence-electron chi connectivity index (χ1n) is 8.17. The molecule has 124 valence electrons. The van der Waals surface area contributed by atoms with Gasteiger partial charge in [0.05, 0.1) is 12.1 Å². The van der Waals surface area contributed by atoms with Crippen LogP contribution in [0.3, 0.4) is 0 Å². The number of nitrogens with zero attached hydrogens (tertiary/aromatic N) is 3. The number of aromatic nitrogens is 2. The quantitative estimate of drug-likeness (QED) is 0.673. The Bertz CT molecular complexity index is 927. The molecule has 4 nitrogen and oxygen atoms in total. The molecule has 0 saturated carbocycles. The number of halogens is 1. The third kappa shape index (κ3) is 3.26. The summed E-state index contributed by atoms with van der Waals surface area (Å²) in [4.78, 5) is 22.7. The van der Waals surface area contributed by atoms with Gasteiger partial charge in [-0.2, -0.15) is 0 Å². The second-order valence-corrected chi connectivity index (χ2v) is 6.35. The minimum absolute atomic E-state index is 0.128. The van der Waals surface area contributed by atoms with Crippen molar-refractivity contribution >= 4 is 23.2 Å². The van der Waals surface area contributed by atoms with Gasteiger partial charge in [0.25, 0.3) is 0 Å². The Labute approximate surface area is 151 Å². The molecule has 3 aromatic rings. The maximum atomic E-state index is 12.7. The highest BCUT2D eigenvalue weighted by molar-refractivity contribution is 6.28. The summed E-state index contributed by atoms with van der Waals surface area (Å²) in [7, 11) is 0. The SMILES string of the molecule is O=C(Cc1ccccc1)N1CCc2cc(-c3ccnc(Cl)n3)ccc21. The predicted octanol–water partition coefficient (Wildman–Crippen LogP) is 3.93. The van der Waals surface area contributed by atoms with Crippen LogP contribution in [0.1, 0.15) is 11.1 Å². The molecule has 0 N–H and O–H groups in total. The highest BCUT2D eigenvalue weighted by Crippen LogP contribution is 2.32. The van der Waals surface area contributed by atoms with E-state index in [9.17, 15) is 4.79 Å². The first kappa shape index (κ1) is 15.8. The molecule has 2 aromatic carbocycles. The number of hydrogen-bond donors (Lipinski definition) is 0. The summed E-state index contributed by atoms with van der Waals surface area (Å²) < 4.78 is 0. The Morgan fingerprint density at radius 3 is 2.76 bits per heavy atom. The van der Waals surface area contributed by atoms with Crippen molar-refractivity contribution in [1.29, 1.82) is 0 Å². The molecule has 25 heavy (non-hydrogen) atoms. The summed E-state index contributed by atoms with van der Waals surface area (Å²) in [6, 6.07) is 17.7. The molecule has 0 fully saturated rings. The van der Waals surface area contributed by atoms with Gasteiger partial charge in [0.15, 0.2) is 0 Å². The lowest BCUT2D eigenvalue weighted by Gasteiger charge is -2.17. The molecule has 0 aliphatic carbocycles. The van der Waals surface area contributed by atoms with E-state index in [-0.39, 0.29) is 11.2 Å². The number of rotatable bonds is 3. The van der Waals surface area contributed by atoms with Crippen molar-refractivity contribution in [3.05, 3.63) is 77.2 Å². The Morgan fingerprint density at radius 1 is 1.12 bits per heavy atom. The minimum Gasteiger partial charge on any atom is -0.312 e. The lowest BCUT2D eigenvalue weighted by Crippen LogP contribution is -2.30. The van der Waals surface area contributed by atoms with Gasteiger partial charge in [0.2, 0.25) is 11.2 Å². The van der Waals surface area contributed by atoms with Crippen LogP contribution >= 0.6 is 11.6 Å². The van der Waals surface area contributed by atoms with Gasteiger partial charge in [-0.05, 0) is 47.3 Å². The second-order valence-electron chi connectivity index (χ2n) is 6.01. The fraction of sp³-hybridized carbons (Fsp3) is 0.150. The van der Waals surface area contributed by atoms with Gasteiger partial charge in [-0.1, -0.05) is 36.4 Å². The van der Waals surface area contributed by atoms with Crippen LogP contribution in [0.2, 0.25) is 5.28 Å². The molecule has 1 aromatic heterocycles. The average molecular weight is 350 g/mol. The molecule has 0 atom stereocenters. The highest BCUT2D eigenvalue weighted by Gasteiger charge is 2.25. The molecule has 0 spiro atoms. The van der Waals surface area contributed by atoms with Gasteiger partial charge in [0, 0.05) is 24.0 Å². The molecule has 5 heteroatoms. The molecular weight excluding hydrogens is 334 g/mol. The normalized spacial score (nSPS) is 12.9. The van der Waals surface area contributed by atoms with E-state index in [1.54, 1.807) is 6.20 Å². The summed E-state index contributed by atoms with van der Waals surface area (Å²) in [6.45, 7) is 0.717. The van der Waals surface area contributed by atoms with Crippen LogP contribution in [0.25, 0.3) is 11.3 Å². The second kappa shape index (κ2) is 6.65. The van der Waals surface area contributed by atoms with Crippen LogP contribution in [0, 0.1) is 0 Å². The lowest BCUT2D eigenvalue weighted by molar-refractivity contribution is -0.117. The number of hydrogen-bond acceptors (Lipinski definition) is 3. The number of carbonyl (C=O) groups excluding carboxylic acids is 1. The van der Waals surface area contributed by atoms with E-state index in [1.807, 2.05) is 53.4 Å². The number of benzene rings is 2.